The minimum atomic E-state index is -0.937. The van der Waals surface area contributed by atoms with Gasteiger partial charge in [0.15, 0.2) is 0 Å². The van der Waals surface area contributed by atoms with Crippen LogP contribution in [0.15, 0.2) is 30.3 Å². The first kappa shape index (κ1) is 17.4. The Labute approximate surface area is 156 Å². The summed E-state index contributed by atoms with van der Waals surface area (Å²) in [6.45, 7) is 3.54. The molecule has 0 spiro atoms. The molecule has 3 aliphatic rings. The molecule has 0 saturated carbocycles. The van der Waals surface area contributed by atoms with Crippen LogP contribution in [0.25, 0.3) is 5.57 Å². The second-order valence-corrected chi connectivity index (χ2v) is 6.83. The van der Waals surface area contributed by atoms with Crippen molar-refractivity contribution in [1.82, 2.24) is 15.5 Å². The van der Waals surface area contributed by atoms with Gasteiger partial charge in [0.25, 0.3) is 11.8 Å². The summed E-state index contributed by atoms with van der Waals surface area (Å²) in [6.07, 6.45) is 1.55. The van der Waals surface area contributed by atoms with Gasteiger partial charge in [-0.25, -0.2) is 0 Å². The molecule has 1 aromatic rings. The van der Waals surface area contributed by atoms with Crippen LogP contribution in [0.2, 0.25) is 0 Å². The van der Waals surface area contributed by atoms with Crippen LogP contribution in [0.4, 0.5) is 5.69 Å². The molecule has 1 unspecified atom stereocenters. The van der Waals surface area contributed by atoms with Gasteiger partial charge >= 0.3 is 0 Å². The number of anilines is 1. The molecule has 27 heavy (non-hydrogen) atoms. The number of rotatable bonds is 3. The maximum atomic E-state index is 12.9. The van der Waals surface area contributed by atoms with Crippen LogP contribution in [-0.2, 0) is 19.2 Å². The number of amides is 4. The van der Waals surface area contributed by atoms with E-state index in [9.17, 15) is 19.2 Å². The zero-order chi connectivity index (χ0) is 19.0. The number of imide groups is 2. The molecule has 1 aromatic carbocycles. The van der Waals surface area contributed by atoms with Gasteiger partial charge in [0.2, 0.25) is 11.8 Å². The topological polar surface area (TPSA) is 98.8 Å². The first-order valence-electron chi connectivity index (χ1n) is 9.03. The highest BCUT2D eigenvalue weighted by Gasteiger charge is 2.42. The third-order valence-electron chi connectivity index (χ3n) is 5.12. The van der Waals surface area contributed by atoms with Crippen molar-refractivity contribution in [2.75, 3.05) is 31.1 Å². The second-order valence-electron chi connectivity index (χ2n) is 6.83. The average Bonchev–Trinajstić information content (AvgIpc) is 2.97. The fourth-order valence-corrected chi connectivity index (χ4v) is 3.71. The van der Waals surface area contributed by atoms with Gasteiger partial charge in [-0.1, -0.05) is 12.1 Å². The van der Waals surface area contributed by atoms with Crippen LogP contribution >= 0.6 is 0 Å². The van der Waals surface area contributed by atoms with E-state index in [-0.39, 0.29) is 24.3 Å². The first-order valence-corrected chi connectivity index (χ1v) is 9.03. The Bertz CT molecular complexity index is 857. The van der Waals surface area contributed by atoms with E-state index >= 15 is 0 Å². The lowest BCUT2D eigenvalue weighted by Crippen LogP contribution is -2.54. The standard InChI is InChI=1S/C19H20N4O4/c24-16-5-4-15(18(26)21-16)23-17(25)11-14(19(23)27)12-2-1-3-13(10-12)22-8-6-20-7-9-22/h1-3,10-11,15,20H,4-9H2,(H,21,24,26). The fraction of sp³-hybridized carbons (Fsp3) is 0.368. The monoisotopic (exact) mass is 368 g/mol. The number of piperazine rings is 1. The number of benzene rings is 1. The number of carbonyl (C=O) groups is 4. The SMILES string of the molecule is O=C1CCC(N2C(=O)C=C(c3cccc(N4CCNCC4)c3)C2=O)C(=O)N1. The minimum absolute atomic E-state index is 0.112. The molecule has 8 nitrogen and oxygen atoms in total. The lowest BCUT2D eigenvalue weighted by atomic mass is 10.0. The van der Waals surface area contributed by atoms with Gasteiger partial charge in [-0.15, -0.1) is 0 Å². The van der Waals surface area contributed by atoms with Crippen molar-refractivity contribution < 1.29 is 19.2 Å². The van der Waals surface area contributed by atoms with Crippen LogP contribution in [0.5, 0.6) is 0 Å². The van der Waals surface area contributed by atoms with Crippen LogP contribution in [-0.4, -0.2) is 60.7 Å². The second kappa shape index (κ2) is 6.96. The summed E-state index contributed by atoms with van der Waals surface area (Å²) < 4.78 is 0. The lowest BCUT2D eigenvalue weighted by molar-refractivity contribution is -0.149. The maximum absolute atomic E-state index is 12.9. The van der Waals surface area contributed by atoms with Gasteiger partial charge in [0.1, 0.15) is 6.04 Å². The molecule has 1 atom stereocenters. The molecule has 2 saturated heterocycles. The number of hydrogen-bond acceptors (Lipinski definition) is 6. The van der Waals surface area contributed by atoms with Crippen LogP contribution < -0.4 is 15.5 Å². The van der Waals surface area contributed by atoms with Crippen LogP contribution in [0.3, 0.4) is 0 Å². The summed E-state index contributed by atoms with van der Waals surface area (Å²) in [5, 5.41) is 5.49. The van der Waals surface area contributed by atoms with E-state index < -0.39 is 23.8 Å². The molecular formula is C19H20N4O4. The van der Waals surface area contributed by atoms with E-state index in [1.54, 1.807) is 6.07 Å². The van der Waals surface area contributed by atoms with Crippen LogP contribution in [0, 0.1) is 0 Å². The van der Waals surface area contributed by atoms with Crippen LogP contribution in [0.1, 0.15) is 18.4 Å². The van der Waals surface area contributed by atoms with E-state index in [4.69, 9.17) is 0 Å². The summed E-state index contributed by atoms with van der Waals surface area (Å²) >= 11 is 0. The van der Waals surface area contributed by atoms with Gasteiger partial charge in [-0.05, 0) is 24.1 Å². The number of carbonyl (C=O) groups excluding carboxylic acids is 4. The van der Waals surface area contributed by atoms with Gasteiger partial charge in [0.05, 0.1) is 5.57 Å². The lowest BCUT2D eigenvalue weighted by Gasteiger charge is -2.30. The van der Waals surface area contributed by atoms with E-state index in [0.29, 0.717) is 5.56 Å². The number of nitrogens with one attached hydrogen (secondary N) is 2. The Balaban J connectivity index is 1.57. The summed E-state index contributed by atoms with van der Waals surface area (Å²) in [6, 6.07) is 6.59. The van der Waals surface area contributed by atoms with E-state index in [1.807, 2.05) is 18.2 Å². The van der Waals surface area contributed by atoms with Gasteiger partial charge in [-0.2, -0.15) is 0 Å². The third kappa shape index (κ3) is 3.23. The van der Waals surface area contributed by atoms with Crippen molar-refractivity contribution in [3.63, 3.8) is 0 Å². The molecule has 2 N–H and O–H groups in total. The predicted molar refractivity (Wildman–Crippen MR) is 97.5 cm³/mol. The summed E-state index contributed by atoms with van der Waals surface area (Å²) in [5.41, 5.74) is 1.93. The summed E-state index contributed by atoms with van der Waals surface area (Å²) in [7, 11) is 0. The van der Waals surface area contributed by atoms with Crippen molar-refractivity contribution in [1.29, 1.82) is 0 Å². The fourth-order valence-electron chi connectivity index (χ4n) is 3.71. The van der Waals surface area contributed by atoms with E-state index in [1.165, 1.54) is 6.08 Å². The van der Waals surface area contributed by atoms with Gasteiger partial charge < -0.3 is 10.2 Å². The van der Waals surface area contributed by atoms with Gasteiger partial charge in [-0.3, -0.25) is 29.4 Å². The normalized spacial score (nSPS) is 23.6. The average molecular weight is 368 g/mol. The smallest absolute Gasteiger partial charge is 0.262 e. The van der Waals surface area contributed by atoms with Gasteiger partial charge in [0, 0.05) is 44.4 Å². The molecule has 4 amide bonds. The molecule has 0 radical (unpaired) electrons. The number of nitrogens with zero attached hydrogens (tertiary/aromatic N) is 2. The van der Waals surface area contributed by atoms with Crippen molar-refractivity contribution in [3.05, 3.63) is 35.9 Å². The molecule has 0 aliphatic carbocycles. The zero-order valence-electron chi connectivity index (χ0n) is 14.7. The van der Waals surface area contributed by atoms with E-state index in [2.05, 4.69) is 15.5 Å². The highest BCUT2D eigenvalue weighted by molar-refractivity contribution is 6.34. The molecule has 8 heteroatoms. The Morgan fingerprint density at radius 2 is 1.81 bits per heavy atom. The van der Waals surface area contributed by atoms with Crippen molar-refractivity contribution in [3.8, 4) is 0 Å². The minimum Gasteiger partial charge on any atom is -0.369 e. The number of piperidine rings is 1. The molecular weight excluding hydrogens is 348 g/mol. The Morgan fingerprint density at radius 1 is 1.04 bits per heavy atom. The summed E-state index contributed by atoms with van der Waals surface area (Å²) in [5.74, 6) is -1.99. The first-order chi connectivity index (χ1) is 13.0. The molecule has 3 heterocycles. The highest BCUT2D eigenvalue weighted by atomic mass is 16.2. The van der Waals surface area contributed by atoms with Crippen molar-refractivity contribution in [2.24, 2.45) is 0 Å². The predicted octanol–water partition coefficient (Wildman–Crippen LogP) is -0.346. The van der Waals surface area contributed by atoms with Crippen molar-refractivity contribution in [2.45, 2.75) is 18.9 Å². The largest absolute Gasteiger partial charge is 0.369 e. The van der Waals surface area contributed by atoms with E-state index in [0.717, 1.165) is 36.8 Å². The molecule has 2 fully saturated rings. The molecule has 0 aromatic heterocycles. The molecule has 3 aliphatic heterocycles. The number of hydrogen-bond donors (Lipinski definition) is 2. The zero-order valence-corrected chi connectivity index (χ0v) is 14.7. The molecule has 0 bridgehead atoms. The highest BCUT2D eigenvalue weighted by Crippen LogP contribution is 2.29. The Morgan fingerprint density at radius 3 is 2.56 bits per heavy atom. The maximum Gasteiger partial charge on any atom is 0.262 e. The van der Waals surface area contributed by atoms with Crippen molar-refractivity contribution >= 4 is 34.9 Å². The molecule has 140 valence electrons. The summed E-state index contributed by atoms with van der Waals surface area (Å²) in [4.78, 5) is 51.9. The Kier molecular flexibility index (Phi) is 4.49. The third-order valence-corrected chi connectivity index (χ3v) is 5.12. The molecule has 4 rings (SSSR count). The quantitative estimate of drug-likeness (QED) is 0.708. The Hall–Kier alpha value is -3.00.